The van der Waals surface area contributed by atoms with Crippen LogP contribution < -0.4 is 9.47 Å². The van der Waals surface area contributed by atoms with Gasteiger partial charge in [0, 0.05) is 22.7 Å². The Morgan fingerprint density at radius 1 is 0.422 bits per heavy atom. The lowest BCUT2D eigenvalue weighted by Gasteiger charge is -2.34. The molecular weight excluding hydrogens is 1110 g/mol. The summed E-state index contributed by atoms with van der Waals surface area (Å²) >= 11 is 0. The van der Waals surface area contributed by atoms with Crippen molar-refractivity contribution in [3.8, 4) is 33.8 Å². The van der Waals surface area contributed by atoms with E-state index in [-0.39, 0.29) is 37.3 Å². The molecule has 7 atom stereocenters. The van der Waals surface area contributed by atoms with E-state index < -0.39 is 28.1 Å². The smallest absolute Gasteiger partial charge is 0.119 e. The van der Waals surface area contributed by atoms with Crippen LogP contribution in [0.2, 0.25) is 0 Å². The molecular formula is C83H76O7. The molecule has 0 spiro atoms. The molecule has 7 heteroatoms. The number of aliphatic hydroxyl groups excluding tert-OH is 1. The van der Waals surface area contributed by atoms with Gasteiger partial charge in [0.2, 0.25) is 0 Å². The molecule has 0 amide bonds. The Labute approximate surface area is 529 Å². The summed E-state index contributed by atoms with van der Waals surface area (Å²) in [5.74, 6) is 1.88. The maximum Gasteiger partial charge on any atom is 0.119 e. The molecule has 0 aromatic heterocycles. The average molecular weight is 1190 g/mol. The van der Waals surface area contributed by atoms with Crippen molar-refractivity contribution in [2.75, 3.05) is 39.6 Å². The van der Waals surface area contributed by atoms with E-state index in [0.29, 0.717) is 19.0 Å². The van der Waals surface area contributed by atoms with Crippen LogP contribution in [0.25, 0.3) is 22.3 Å². The molecule has 16 rings (SSSR count). The fraction of sp³-hybridized carbons (Fsp3) is 0.277. The number of hydrogen-bond donors (Lipinski definition) is 1. The number of fused-ring (bicyclic) bond motifs is 8. The maximum absolute atomic E-state index is 11.6. The maximum atomic E-state index is 11.6. The highest BCUT2D eigenvalue weighted by atomic mass is 16.6. The third kappa shape index (κ3) is 10.2. The molecule has 10 aromatic rings. The minimum atomic E-state index is -0.869. The zero-order chi connectivity index (χ0) is 60.8. The van der Waals surface area contributed by atoms with Gasteiger partial charge >= 0.3 is 0 Å². The summed E-state index contributed by atoms with van der Waals surface area (Å²) in [6, 6.07) is 85.8. The molecule has 2 saturated heterocycles. The van der Waals surface area contributed by atoms with E-state index in [9.17, 15) is 5.11 Å². The Balaban J connectivity index is 0.642. The second kappa shape index (κ2) is 22.5. The first-order chi connectivity index (χ1) is 43.9. The normalized spacial score (nSPS) is 21.8. The molecule has 0 saturated carbocycles. The Morgan fingerprint density at radius 2 is 0.822 bits per heavy atom. The van der Waals surface area contributed by atoms with Gasteiger partial charge < -0.3 is 33.5 Å². The third-order valence-electron chi connectivity index (χ3n) is 20.9. The van der Waals surface area contributed by atoms with Gasteiger partial charge in [-0.25, -0.2) is 0 Å². The summed E-state index contributed by atoms with van der Waals surface area (Å²) in [7, 11) is 0. The highest BCUT2D eigenvalue weighted by Crippen LogP contribution is 2.59. The van der Waals surface area contributed by atoms with Crippen molar-refractivity contribution in [3.63, 3.8) is 0 Å². The summed E-state index contributed by atoms with van der Waals surface area (Å²) in [6.07, 6.45) is 3.18. The monoisotopic (exact) mass is 1180 g/mol. The van der Waals surface area contributed by atoms with Crippen molar-refractivity contribution in [2.24, 2.45) is 0 Å². The second-order valence-electron chi connectivity index (χ2n) is 27.0. The molecule has 6 aliphatic rings. The molecule has 7 unspecified atom stereocenters. The van der Waals surface area contributed by atoms with Gasteiger partial charge in [-0.15, -0.1) is 0 Å². The standard InChI is InChI=1S/C83H76O7/c1-80(2,59-25-29-61(30-26-59)83(64-35-39-67(40-36-64)86-49-68-50-87-68)46-77(73-18-10-12-20-79(73)83)58-24-22-56-42-54-14-6-8-16-71(54)75(56)44-58)89-48-65(84)47-85-66-37-33-63(34-38-66)82(62-31-27-60(28-32-62)81(3,4)90-52-69-51-88-69)45-76(72-17-9-11-19-78(72)82)57-23-21-55-41-53-13-5-7-15-70(53)74(55)43-57/h5-40,43-44,65,68-69,76-77,84H,41-42,45-52H2,1-4H3. The largest absolute Gasteiger partial charge is 0.491 e. The molecule has 2 heterocycles. The lowest BCUT2D eigenvalue weighted by Crippen LogP contribution is -2.31. The van der Waals surface area contributed by atoms with Crippen LogP contribution in [-0.4, -0.2) is 63.1 Å². The van der Waals surface area contributed by atoms with Crippen LogP contribution in [-0.2, 0) is 53.8 Å². The first-order valence-electron chi connectivity index (χ1n) is 32.4. The van der Waals surface area contributed by atoms with Gasteiger partial charge in [0.05, 0.1) is 37.6 Å². The van der Waals surface area contributed by atoms with Crippen molar-refractivity contribution < 1.29 is 33.5 Å². The Bertz CT molecular complexity index is 4310. The number of aliphatic hydroxyl groups is 1. The lowest BCUT2D eigenvalue weighted by atomic mass is 9.69. The van der Waals surface area contributed by atoms with Crippen molar-refractivity contribution in [1.29, 1.82) is 0 Å². The van der Waals surface area contributed by atoms with E-state index in [0.717, 1.165) is 55.8 Å². The molecule has 90 heavy (non-hydrogen) atoms. The van der Waals surface area contributed by atoms with Gasteiger partial charge in [0.25, 0.3) is 0 Å². The molecule has 0 bridgehead atoms. The Morgan fingerprint density at radius 3 is 1.30 bits per heavy atom. The first-order valence-corrected chi connectivity index (χ1v) is 32.4. The van der Waals surface area contributed by atoms with Crippen LogP contribution in [0.3, 0.4) is 0 Å². The predicted octanol–water partition coefficient (Wildman–Crippen LogP) is 16.7. The summed E-state index contributed by atoms with van der Waals surface area (Å²) < 4.78 is 36.6. The number of epoxide rings is 2. The van der Waals surface area contributed by atoms with Gasteiger partial charge in [0.15, 0.2) is 0 Å². The van der Waals surface area contributed by atoms with E-state index in [1.54, 1.807) is 0 Å². The summed E-state index contributed by atoms with van der Waals surface area (Å²) in [5, 5.41) is 11.6. The highest BCUT2D eigenvalue weighted by Gasteiger charge is 2.49. The van der Waals surface area contributed by atoms with Crippen molar-refractivity contribution in [2.45, 2.75) is 106 Å². The van der Waals surface area contributed by atoms with Gasteiger partial charge in [-0.2, -0.15) is 0 Å². The van der Waals surface area contributed by atoms with Crippen molar-refractivity contribution >= 4 is 0 Å². The van der Waals surface area contributed by atoms with Crippen LogP contribution >= 0.6 is 0 Å². The van der Waals surface area contributed by atoms with E-state index in [2.05, 4.69) is 258 Å². The number of ether oxygens (including phenoxy) is 6. The van der Waals surface area contributed by atoms with Crippen molar-refractivity contribution in [3.05, 3.63) is 320 Å². The Kier molecular flexibility index (Phi) is 14.2. The molecule has 10 aromatic carbocycles. The summed E-state index contributed by atoms with van der Waals surface area (Å²) in [6.45, 7) is 11.3. The topological polar surface area (TPSA) is 82.2 Å². The zero-order valence-corrected chi connectivity index (χ0v) is 51.8. The summed E-state index contributed by atoms with van der Waals surface area (Å²) in [5.41, 5.74) is 23.9. The quantitative estimate of drug-likeness (QED) is 0.0761. The number of hydrogen-bond acceptors (Lipinski definition) is 7. The molecule has 2 fully saturated rings. The van der Waals surface area contributed by atoms with Gasteiger partial charge in [0.1, 0.15) is 43.0 Å². The molecule has 2 aliphatic heterocycles. The van der Waals surface area contributed by atoms with E-state index >= 15 is 0 Å². The first kappa shape index (κ1) is 56.8. The van der Waals surface area contributed by atoms with Crippen LogP contribution in [0, 0.1) is 0 Å². The van der Waals surface area contributed by atoms with Crippen molar-refractivity contribution in [1.82, 2.24) is 0 Å². The molecule has 7 nitrogen and oxygen atoms in total. The average Bonchev–Trinajstić information content (AvgIpc) is 1.55. The second-order valence-corrected chi connectivity index (χ2v) is 27.0. The lowest BCUT2D eigenvalue weighted by molar-refractivity contribution is -0.0717. The van der Waals surface area contributed by atoms with E-state index in [4.69, 9.17) is 28.4 Å². The van der Waals surface area contributed by atoms with Crippen LogP contribution in [0.15, 0.2) is 231 Å². The zero-order valence-electron chi connectivity index (χ0n) is 51.8. The molecule has 1 N–H and O–H groups in total. The number of benzene rings is 10. The van der Waals surface area contributed by atoms with E-state index in [1.165, 1.54) is 100 Å². The minimum absolute atomic E-state index is 0.0794. The minimum Gasteiger partial charge on any atom is -0.491 e. The van der Waals surface area contributed by atoms with Gasteiger partial charge in [-0.3, -0.25) is 0 Å². The highest BCUT2D eigenvalue weighted by molar-refractivity contribution is 5.79. The molecule has 0 radical (unpaired) electrons. The fourth-order valence-corrected chi connectivity index (χ4v) is 15.7. The number of rotatable bonds is 20. The van der Waals surface area contributed by atoms with Crippen LogP contribution in [0.4, 0.5) is 0 Å². The molecule has 450 valence electrons. The van der Waals surface area contributed by atoms with Gasteiger partial charge in [-0.1, -0.05) is 206 Å². The fourth-order valence-electron chi connectivity index (χ4n) is 15.7. The summed E-state index contributed by atoms with van der Waals surface area (Å²) in [4.78, 5) is 0. The van der Waals surface area contributed by atoms with Gasteiger partial charge in [-0.05, 0) is 189 Å². The molecule has 4 aliphatic carbocycles. The van der Waals surface area contributed by atoms with Crippen LogP contribution in [0.1, 0.15) is 141 Å². The SMILES string of the molecule is CC(C)(OCC(O)COc1ccc(C2(c3ccc(C(C)(C)OCC4CO4)cc3)CC(c3ccc4c(c3)-c3ccccc3C4)c3ccccc32)cc1)c1ccc(C2(c3ccc(OCC4CO4)cc3)CC(c3ccc4c(c3)-c3ccccc3C4)c3ccccc32)cc1. The Hall–Kier alpha value is -8.40. The van der Waals surface area contributed by atoms with Crippen LogP contribution in [0.5, 0.6) is 11.5 Å². The predicted molar refractivity (Wildman–Crippen MR) is 355 cm³/mol. The third-order valence-corrected chi connectivity index (χ3v) is 20.9. The van der Waals surface area contributed by atoms with E-state index in [1.807, 2.05) is 0 Å².